The molecule has 1 aromatic heterocycles. The zero-order valence-electron chi connectivity index (χ0n) is 17.3. The van der Waals surface area contributed by atoms with Crippen molar-refractivity contribution in [1.82, 2.24) is 20.0 Å². The highest BCUT2D eigenvalue weighted by Gasteiger charge is 2.42. The standard InChI is InChI=1S/C22H34N4O2/c1-17-14-20(25(2)24-17)21(27)23-15-19-8-9-22(28-19)10-12-26(13-11-22)16-18-6-4-3-5-7-18/h3-4,14,18-19H,5-13,15-16H2,1-2H3,(H,23,27). The second-order valence-electron chi connectivity index (χ2n) is 8.92. The number of amides is 1. The van der Waals surface area contributed by atoms with Gasteiger partial charge in [0.1, 0.15) is 5.69 Å². The van der Waals surface area contributed by atoms with Gasteiger partial charge in [0.25, 0.3) is 5.91 Å². The van der Waals surface area contributed by atoms with Gasteiger partial charge in [-0.1, -0.05) is 12.2 Å². The van der Waals surface area contributed by atoms with Gasteiger partial charge < -0.3 is 15.0 Å². The molecule has 1 aliphatic carbocycles. The van der Waals surface area contributed by atoms with E-state index in [0.717, 1.165) is 50.4 Å². The lowest BCUT2D eigenvalue weighted by Gasteiger charge is -2.40. The molecule has 0 radical (unpaired) electrons. The Morgan fingerprint density at radius 2 is 2.11 bits per heavy atom. The van der Waals surface area contributed by atoms with Gasteiger partial charge in [0.2, 0.25) is 0 Å². The average molecular weight is 387 g/mol. The fourth-order valence-corrected chi connectivity index (χ4v) is 5.06. The van der Waals surface area contributed by atoms with Crippen LogP contribution in [-0.4, -0.2) is 58.5 Å². The van der Waals surface area contributed by atoms with Gasteiger partial charge in [-0.3, -0.25) is 9.48 Å². The number of aryl methyl sites for hydroxylation is 2. The van der Waals surface area contributed by atoms with Gasteiger partial charge in [0.05, 0.1) is 17.4 Å². The van der Waals surface area contributed by atoms with Crippen LogP contribution in [0.4, 0.5) is 0 Å². The van der Waals surface area contributed by atoms with E-state index in [1.165, 1.54) is 25.8 Å². The third kappa shape index (κ3) is 4.49. The van der Waals surface area contributed by atoms with Crippen LogP contribution in [0.15, 0.2) is 18.2 Å². The predicted molar refractivity (Wildman–Crippen MR) is 109 cm³/mol. The van der Waals surface area contributed by atoms with Crippen LogP contribution in [0.25, 0.3) is 0 Å². The molecule has 0 bridgehead atoms. The summed E-state index contributed by atoms with van der Waals surface area (Å²) in [6, 6.07) is 1.82. The van der Waals surface area contributed by atoms with Crippen molar-refractivity contribution in [2.24, 2.45) is 13.0 Å². The van der Waals surface area contributed by atoms with Gasteiger partial charge in [0, 0.05) is 33.2 Å². The van der Waals surface area contributed by atoms with Crippen molar-refractivity contribution < 1.29 is 9.53 Å². The molecular formula is C22H34N4O2. The van der Waals surface area contributed by atoms with Crippen molar-refractivity contribution >= 4 is 5.91 Å². The first-order valence-corrected chi connectivity index (χ1v) is 10.9. The summed E-state index contributed by atoms with van der Waals surface area (Å²) < 4.78 is 8.11. The number of carbonyl (C=O) groups excluding carboxylic acids is 1. The van der Waals surface area contributed by atoms with Crippen LogP contribution < -0.4 is 5.32 Å². The van der Waals surface area contributed by atoms with E-state index in [9.17, 15) is 4.79 Å². The number of aromatic nitrogens is 2. The summed E-state index contributed by atoms with van der Waals surface area (Å²) in [4.78, 5) is 15.0. The van der Waals surface area contributed by atoms with Gasteiger partial charge in [-0.25, -0.2) is 0 Å². The topological polar surface area (TPSA) is 59.4 Å². The summed E-state index contributed by atoms with van der Waals surface area (Å²) in [6.45, 7) is 6.02. The number of hydrogen-bond donors (Lipinski definition) is 1. The zero-order valence-corrected chi connectivity index (χ0v) is 17.3. The molecule has 4 rings (SSSR count). The minimum absolute atomic E-state index is 0.0431. The number of carbonyl (C=O) groups is 1. The van der Waals surface area contributed by atoms with Crippen LogP contribution in [-0.2, 0) is 11.8 Å². The number of likely N-dealkylation sites (tertiary alicyclic amines) is 1. The normalized spacial score (nSPS) is 27.4. The van der Waals surface area contributed by atoms with Crippen LogP contribution in [0.1, 0.15) is 61.1 Å². The lowest BCUT2D eigenvalue weighted by atomic mass is 9.87. The van der Waals surface area contributed by atoms with Crippen molar-refractivity contribution in [3.05, 3.63) is 29.6 Å². The van der Waals surface area contributed by atoms with E-state index < -0.39 is 0 Å². The lowest BCUT2D eigenvalue weighted by molar-refractivity contribution is -0.0769. The Morgan fingerprint density at radius 1 is 1.29 bits per heavy atom. The Hall–Kier alpha value is -1.66. The van der Waals surface area contributed by atoms with Crippen LogP contribution in [0.3, 0.4) is 0 Å². The highest BCUT2D eigenvalue weighted by atomic mass is 16.5. The maximum Gasteiger partial charge on any atom is 0.269 e. The fourth-order valence-electron chi connectivity index (χ4n) is 5.06. The number of piperidine rings is 1. The summed E-state index contributed by atoms with van der Waals surface area (Å²) in [6.07, 6.45) is 13.1. The second kappa shape index (κ2) is 8.37. The number of hydrogen-bond acceptors (Lipinski definition) is 4. The molecule has 1 amide bonds. The summed E-state index contributed by atoms with van der Waals surface area (Å²) in [7, 11) is 1.81. The molecular weight excluding hydrogens is 352 g/mol. The third-order valence-electron chi connectivity index (χ3n) is 6.72. The van der Waals surface area contributed by atoms with E-state index >= 15 is 0 Å². The highest BCUT2D eigenvalue weighted by molar-refractivity contribution is 5.92. The van der Waals surface area contributed by atoms with Crippen LogP contribution in [0.5, 0.6) is 0 Å². The molecule has 6 nitrogen and oxygen atoms in total. The van der Waals surface area contributed by atoms with E-state index in [-0.39, 0.29) is 17.6 Å². The molecule has 1 aromatic rings. The minimum Gasteiger partial charge on any atom is -0.370 e. The Morgan fingerprint density at radius 3 is 2.79 bits per heavy atom. The molecule has 1 spiro atoms. The molecule has 2 saturated heterocycles. The van der Waals surface area contributed by atoms with Crippen molar-refractivity contribution in [3.63, 3.8) is 0 Å². The van der Waals surface area contributed by atoms with Crippen molar-refractivity contribution in [3.8, 4) is 0 Å². The first-order chi connectivity index (χ1) is 13.5. The highest BCUT2D eigenvalue weighted by Crippen LogP contribution is 2.39. The van der Waals surface area contributed by atoms with Gasteiger partial charge >= 0.3 is 0 Å². The maximum absolute atomic E-state index is 12.4. The molecule has 6 heteroatoms. The molecule has 2 atom stereocenters. The quantitative estimate of drug-likeness (QED) is 0.791. The van der Waals surface area contributed by atoms with Crippen LogP contribution in [0, 0.1) is 12.8 Å². The Kier molecular flexibility index (Phi) is 5.88. The monoisotopic (exact) mass is 386 g/mol. The van der Waals surface area contributed by atoms with E-state index in [0.29, 0.717) is 12.2 Å². The summed E-state index contributed by atoms with van der Waals surface area (Å²) >= 11 is 0. The number of nitrogens with zero attached hydrogens (tertiary/aromatic N) is 3. The summed E-state index contributed by atoms with van der Waals surface area (Å²) in [5.74, 6) is 0.770. The van der Waals surface area contributed by atoms with E-state index in [4.69, 9.17) is 4.74 Å². The first-order valence-electron chi connectivity index (χ1n) is 10.9. The Labute approximate surface area is 168 Å². The average Bonchev–Trinajstić information content (AvgIpc) is 3.25. The summed E-state index contributed by atoms with van der Waals surface area (Å²) in [5, 5.41) is 7.28. The fraction of sp³-hybridized carbons (Fsp3) is 0.727. The second-order valence-corrected chi connectivity index (χ2v) is 8.92. The molecule has 2 fully saturated rings. The smallest absolute Gasteiger partial charge is 0.269 e. The molecule has 0 saturated carbocycles. The zero-order chi connectivity index (χ0) is 19.6. The van der Waals surface area contributed by atoms with Crippen molar-refractivity contribution in [1.29, 1.82) is 0 Å². The summed E-state index contributed by atoms with van der Waals surface area (Å²) in [5.41, 5.74) is 1.51. The number of ether oxygens (including phenoxy) is 1. The predicted octanol–water partition coefficient (Wildman–Crippen LogP) is 2.83. The molecule has 0 aromatic carbocycles. The van der Waals surface area contributed by atoms with E-state index in [1.807, 2.05) is 13.0 Å². The van der Waals surface area contributed by atoms with Crippen molar-refractivity contribution in [2.75, 3.05) is 26.2 Å². The number of allylic oxidation sites excluding steroid dienone is 2. The molecule has 3 aliphatic rings. The molecule has 1 N–H and O–H groups in total. The third-order valence-corrected chi connectivity index (χ3v) is 6.72. The molecule has 2 aliphatic heterocycles. The van der Waals surface area contributed by atoms with Gasteiger partial charge in [-0.15, -0.1) is 0 Å². The molecule has 154 valence electrons. The molecule has 28 heavy (non-hydrogen) atoms. The lowest BCUT2D eigenvalue weighted by Crippen LogP contribution is -2.46. The van der Waals surface area contributed by atoms with Crippen LogP contribution >= 0.6 is 0 Å². The molecule has 2 unspecified atom stereocenters. The minimum atomic E-state index is -0.0657. The van der Waals surface area contributed by atoms with Gasteiger partial charge in [-0.05, 0) is 63.9 Å². The number of nitrogens with one attached hydrogen (secondary N) is 1. The first kappa shape index (κ1) is 19.6. The Balaban J connectivity index is 1.21. The molecule has 3 heterocycles. The number of rotatable bonds is 5. The van der Waals surface area contributed by atoms with Gasteiger partial charge in [0.15, 0.2) is 0 Å². The van der Waals surface area contributed by atoms with Crippen molar-refractivity contribution in [2.45, 2.75) is 63.6 Å². The Bertz CT molecular complexity index is 718. The largest absolute Gasteiger partial charge is 0.370 e. The van der Waals surface area contributed by atoms with E-state index in [1.54, 1.807) is 11.7 Å². The van der Waals surface area contributed by atoms with E-state index in [2.05, 4.69) is 27.5 Å². The maximum atomic E-state index is 12.4. The van der Waals surface area contributed by atoms with Crippen LogP contribution in [0.2, 0.25) is 0 Å². The SMILES string of the molecule is Cc1cc(C(=O)NCC2CCC3(CCN(CC4CC=CCC4)CC3)O2)n(C)n1. The van der Waals surface area contributed by atoms with Gasteiger partial charge in [-0.2, -0.15) is 5.10 Å².